The highest BCUT2D eigenvalue weighted by Gasteiger charge is 2.24. The fourth-order valence-corrected chi connectivity index (χ4v) is 2.34. The Morgan fingerprint density at radius 2 is 2.38 bits per heavy atom. The van der Waals surface area contributed by atoms with Gasteiger partial charge < -0.3 is 15.3 Å². The molecule has 1 aliphatic rings. The molecule has 0 aromatic heterocycles. The molecular formula is C11H22N2O2S. The number of hydrogen-bond acceptors (Lipinski definition) is 3. The third kappa shape index (κ3) is 4.61. The van der Waals surface area contributed by atoms with Crippen molar-refractivity contribution in [3.05, 3.63) is 0 Å². The largest absolute Gasteiger partial charge is 0.396 e. The zero-order valence-electron chi connectivity index (χ0n) is 9.95. The Morgan fingerprint density at radius 3 is 3.00 bits per heavy atom. The van der Waals surface area contributed by atoms with Crippen LogP contribution < -0.4 is 5.32 Å². The minimum atomic E-state index is 0.0279. The van der Waals surface area contributed by atoms with Gasteiger partial charge in [-0.15, -0.1) is 0 Å². The van der Waals surface area contributed by atoms with Crippen LogP contribution in [0.25, 0.3) is 0 Å². The van der Waals surface area contributed by atoms with E-state index in [1.54, 1.807) is 4.90 Å². The Kier molecular flexibility index (Phi) is 6.64. The molecule has 4 nitrogen and oxygen atoms in total. The molecule has 0 bridgehead atoms. The van der Waals surface area contributed by atoms with Crippen LogP contribution in [0.5, 0.6) is 0 Å². The van der Waals surface area contributed by atoms with Crippen LogP contribution in [-0.2, 0) is 0 Å². The topological polar surface area (TPSA) is 52.6 Å². The Labute approximate surface area is 102 Å². The molecule has 0 aromatic rings. The standard InChI is InChI=1S/C11H22N2O2S/c1-16-7-3-2-5-12-11(15)13-6-4-10(8-13)9-14/h10,14H,2-9H2,1H3,(H,12,15). The van der Waals surface area contributed by atoms with E-state index in [1.165, 1.54) is 0 Å². The van der Waals surface area contributed by atoms with Crippen LogP contribution in [0.4, 0.5) is 4.79 Å². The molecule has 2 N–H and O–H groups in total. The van der Waals surface area contributed by atoms with Crippen molar-refractivity contribution >= 4 is 17.8 Å². The SMILES string of the molecule is CSCCCCNC(=O)N1CCC(CO)C1. The highest BCUT2D eigenvalue weighted by molar-refractivity contribution is 7.98. The zero-order valence-corrected chi connectivity index (χ0v) is 10.8. The van der Waals surface area contributed by atoms with Crippen molar-refractivity contribution in [3.63, 3.8) is 0 Å². The summed E-state index contributed by atoms with van der Waals surface area (Å²) in [7, 11) is 0. The lowest BCUT2D eigenvalue weighted by atomic mass is 10.1. The molecule has 16 heavy (non-hydrogen) atoms. The van der Waals surface area contributed by atoms with Gasteiger partial charge in [-0.2, -0.15) is 11.8 Å². The number of nitrogens with zero attached hydrogens (tertiary/aromatic N) is 1. The first kappa shape index (κ1) is 13.6. The van der Waals surface area contributed by atoms with Crippen LogP contribution in [-0.4, -0.2) is 54.3 Å². The fourth-order valence-electron chi connectivity index (χ4n) is 1.84. The van der Waals surface area contributed by atoms with Gasteiger partial charge in [-0.3, -0.25) is 0 Å². The number of nitrogens with one attached hydrogen (secondary N) is 1. The van der Waals surface area contributed by atoms with Gasteiger partial charge >= 0.3 is 6.03 Å². The number of urea groups is 1. The van der Waals surface area contributed by atoms with Gasteiger partial charge in [0, 0.05) is 32.2 Å². The van der Waals surface area contributed by atoms with Crippen molar-refractivity contribution in [1.29, 1.82) is 0 Å². The second kappa shape index (κ2) is 7.79. The number of carbonyl (C=O) groups excluding carboxylic acids is 1. The van der Waals surface area contributed by atoms with Gasteiger partial charge in [0.15, 0.2) is 0 Å². The molecule has 1 unspecified atom stereocenters. The fraction of sp³-hybridized carbons (Fsp3) is 0.909. The summed E-state index contributed by atoms with van der Waals surface area (Å²) in [4.78, 5) is 13.5. The molecule has 1 heterocycles. The first-order valence-corrected chi connectivity index (χ1v) is 7.30. The molecular weight excluding hydrogens is 224 g/mol. The predicted molar refractivity (Wildman–Crippen MR) is 67.8 cm³/mol. The molecule has 2 amide bonds. The molecule has 1 fully saturated rings. The van der Waals surface area contributed by atoms with Gasteiger partial charge in [0.25, 0.3) is 0 Å². The monoisotopic (exact) mass is 246 g/mol. The summed E-state index contributed by atoms with van der Waals surface area (Å²) < 4.78 is 0. The molecule has 0 aliphatic carbocycles. The van der Waals surface area contributed by atoms with Gasteiger partial charge in [0.2, 0.25) is 0 Å². The lowest BCUT2D eigenvalue weighted by Gasteiger charge is -2.16. The molecule has 1 aliphatic heterocycles. The van der Waals surface area contributed by atoms with E-state index < -0.39 is 0 Å². The predicted octanol–water partition coefficient (Wildman–Crippen LogP) is 1.15. The number of unbranched alkanes of at least 4 members (excludes halogenated alkanes) is 1. The number of likely N-dealkylation sites (tertiary alicyclic amines) is 1. The minimum Gasteiger partial charge on any atom is -0.396 e. The van der Waals surface area contributed by atoms with E-state index in [9.17, 15) is 4.79 Å². The van der Waals surface area contributed by atoms with Crippen molar-refractivity contribution in [3.8, 4) is 0 Å². The molecule has 0 saturated carbocycles. The van der Waals surface area contributed by atoms with Crippen LogP contribution in [0.3, 0.4) is 0 Å². The van der Waals surface area contributed by atoms with Crippen molar-refractivity contribution in [2.24, 2.45) is 5.92 Å². The molecule has 0 spiro atoms. The van der Waals surface area contributed by atoms with E-state index in [0.29, 0.717) is 6.54 Å². The van der Waals surface area contributed by atoms with Crippen LogP contribution >= 0.6 is 11.8 Å². The second-order valence-electron chi connectivity index (χ2n) is 4.22. The lowest BCUT2D eigenvalue weighted by molar-refractivity contribution is 0.198. The van der Waals surface area contributed by atoms with Gasteiger partial charge in [-0.05, 0) is 31.3 Å². The third-order valence-electron chi connectivity index (χ3n) is 2.88. The smallest absolute Gasteiger partial charge is 0.317 e. The summed E-state index contributed by atoms with van der Waals surface area (Å²) in [6.45, 7) is 2.44. The van der Waals surface area contributed by atoms with E-state index >= 15 is 0 Å². The summed E-state index contributed by atoms with van der Waals surface area (Å²) in [5, 5.41) is 11.9. The van der Waals surface area contributed by atoms with E-state index in [0.717, 1.165) is 38.1 Å². The Balaban J connectivity index is 2.06. The summed E-state index contributed by atoms with van der Waals surface area (Å²) >= 11 is 1.84. The second-order valence-corrected chi connectivity index (χ2v) is 5.20. The van der Waals surface area contributed by atoms with E-state index in [4.69, 9.17) is 5.11 Å². The van der Waals surface area contributed by atoms with Gasteiger partial charge in [-0.1, -0.05) is 0 Å². The van der Waals surface area contributed by atoms with Crippen molar-refractivity contribution in [1.82, 2.24) is 10.2 Å². The lowest BCUT2D eigenvalue weighted by Crippen LogP contribution is -2.39. The Bertz CT molecular complexity index is 214. The number of aliphatic hydroxyl groups excluding tert-OH is 1. The van der Waals surface area contributed by atoms with Gasteiger partial charge in [0.05, 0.1) is 0 Å². The average Bonchev–Trinajstić information content (AvgIpc) is 2.77. The molecule has 0 radical (unpaired) electrons. The van der Waals surface area contributed by atoms with Crippen LogP contribution in [0.1, 0.15) is 19.3 Å². The summed E-state index contributed by atoms with van der Waals surface area (Å²) in [5.41, 5.74) is 0. The Morgan fingerprint density at radius 1 is 1.56 bits per heavy atom. The zero-order chi connectivity index (χ0) is 11.8. The molecule has 1 atom stereocenters. The number of amides is 2. The number of carbonyl (C=O) groups is 1. The van der Waals surface area contributed by atoms with Crippen LogP contribution in [0.2, 0.25) is 0 Å². The molecule has 1 rings (SSSR count). The Hall–Kier alpha value is -0.420. The number of rotatable bonds is 6. The minimum absolute atomic E-state index is 0.0279. The summed E-state index contributed by atoms with van der Waals surface area (Å²) in [6.07, 6.45) is 5.22. The van der Waals surface area contributed by atoms with E-state index in [-0.39, 0.29) is 18.6 Å². The molecule has 5 heteroatoms. The maximum Gasteiger partial charge on any atom is 0.317 e. The summed E-state index contributed by atoms with van der Waals surface area (Å²) in [6, 6.07) is 0.0279. The number of aliphatic hydroxyl groups is 1. The first-order chi connectivity index (χ1) is 7.77. The van der Waals surface area contributed by atoms with Crippen LogP contribution in [0, 0.1) is 5.92 Å². The number of thioether (sulfide) groups is 1. The number of hydrogen-bond donors (Lipinski definition) is 2. The van der Waals surface area contributed by atoms with Crippen LogP contribution in [0.15, 0.2) is 0 Å². The van der Waals surface area contributed by atoms with Crippen molar-refractivity contribution in [2.45, 2.75) is 19.3 Å². The average molecular weight is 246 g/mol. The van der Waals surface area contributed by atoms with E-state index in [1.807, 2.05) is 11.8 Å². The maximum atomic E-state index is 11.7. The molecule has 0 aromatic carbocycles. The highest BCUT2D eigenvalue weighted by Crippen LogP contribution is 2.14. The van der Waals surface area contributed by atoms with Crippen molar-refractivity contribution in [2.75, 3.05) is 38.2 Å². The molecule has 1 saturated heterocycles. The molecule has 94 valence electrons. The quantitative estimate of drug-likeness (QED) is 0.691. The first-order valence-electron chi connectivity index (χ1n) is 5.90. The maximum absolute atomic E-state index is 11.7. The summed E-state index contributed by atoms with van der Waals surface area (Å²) in [5.74, 6) is 1.44. The van der Waals surface area contributed by atoms with Gasteiger partial charge in [-0.25, -0.2) is 4.79 Å². The van der Waals surface area contributed by atoms with Gasteiger partial charge in [0.1, 0.15) is 0 Å². The van der Waals surface area contributed by atoms with Crippen molar-refractivity contribution < 1.29 is 9.90 Å². The highest BCUT2D eigenvalue weighted by atomic mass is 32.2. The third-order valence-corrected chi connectivity index (χ3v) is 3.58. The normalized spacial score (nSPS) is 20.1. The van der Waals surface area contributed by atoms with E-state index in [2.05, 4.69) is 11.6 Å².